The van der Waals surface area contributed by atoms with E-state index in [2.05, 4.69) is 9.97 Å². The van der Waals surface area contributed by atoms with Gasteiger partial charge in [-0.2, -0.15) is 4.98 Å². The van der Waals surface area contributed by atoms with Gasteiger partial charge in [0, 0.05) is 6.42 Å². The van der Waals surface area contributed by atoms with E-state index in [1.54, 1.807) is 6.92 Å². The number of aromatic nitrogens is 2. The second kappa shape index (κ2) is 3.70. The van der Waals surface area contributed by atoms with Crippen LogP contribution in [0, 0.1) is 0 Å². The quantitative estimate of drug-likeness (QED) is 0.621. The fraction of sp³-hybridized carbons (Fsp3) is 0.286. The fourth-order valence-corrected chi connectivity index (χ4v) is 0.650. The summed E-state index contributed by atoms with van der Waals surface area (Å²) in [6.45, 7) is 1.67. The summed E-state index contributed by atoms with van der Waals surface area (Å²) < 4.78 is 4.78. The summed E-state index contributed by atoms with van der Waals surface area (Å²) in [6, 6.07) is 0. The van der Waals surface area contributed by atoms with E-state index in [1.807, 2.05) is 0 Å². The number of rotatable bonds is 2. The molecule has 0 fully saturated rings. The lowest BCUT2D eigenvalue weighted by Gasteiger charge is -2.03. The van der Waals surface area contributed by atoms with E-state index in [-0.39, 0.29) is 23.9 Å². The van der Waals surface area contributed by atoms with E-state index >= 15 is 0 Å². The third-order valence-corrected chi connectivity index (χ3v) is 1.30. The summed E-state index contributed by atoms with van der Waals surface area (Å²) in [5.74, 6) is -0.378. The molecular formula is C7H10N4O2. The van der Waals surface area contributed by atoms with E-state index < -0.39 is 5.97 Å². The van der Waals surface area contributed by atoms with Crippen LogP contribution in [-0.2, 0) is 4.79 Å². The number of nitrogens with two attached hydrogens (primary N) is 2. The first-order valence-electron chi connectivity index (χ1n) is 3.72. The van der Waals surface area contributed by atoms with Gasteiger partial charge >= 0.3 is 5.97 Å². The maximum Gasteiger partial charge on any atom is 0.312 e. The Labute approximate surface area is 74.9 Å². The topological polar surface area (TPSA) is 104 Å². The SMILES string of the molecule is CCC(=O)Oc1nc(N)ncc1N. The largest absolute Gasteiger partial charge is 0.405 e. The molecule has 4 N–H and O–H groups in total. The van der Waals surface area contributed by atoms with Crippen LogP contribution in [-0.4, -0.2) is 15.9 Å². The van der Waals surface area contributed by atoms with Crippen LogP contribution in [0.5, 0.6) is 5.88 Å². The van der Waals surface area contributed by atoms with Crippen LogP contribution in [0.25, 0.3) is 0 Å². The Kier molecular flexibility index (Phi) is 2.63. The number of nitrogen functional groups attached to an aromatic ring is 2. The lowest BCUT2D eigenvalue weighted by molar-refractivity contribution is -0.134. The van der Waals surface area contributed by atoms with Crippen LogP contribution in [0.2, 0.25) is 0 Å². The van der Waals surface area contributed by atoms with Crippen LogP contribution < -0.4 is 16.2 Å². The number of anilines is 2. The Morgan fingerprint density at radius 3 is 2.92 bits per heavy atom. The third kappa shape index (κ3) is 2.29. The number of hydrogen-bond donors (Lipinski definition) is 2. The molecule has 0 aliphatic rings. The lowest BCUT2D eigenvalue weighted by Crippen LogP contribution is -2.10. The van der Waals surface area contributed by atoms with Gasteiger partial charge in [0.25, 0.3) is 5.88 Å². The molecule has 0 saturated heterocycles. The van der Waals surface area contributed by atoms with E-state index in [0.29, 0.717) is 0 Å². The van der Waals surface area contributed by atoms with Gasteiger partial charge in [0.2, 0.25) is 5.95 Å². The molecule has 0 saturated carbocycles. The number of carbonyl (C=O) groups excluding carboxylic acids is 1. The fourth-order valence-electron chi connectivity index (χ4n) is 0.650. The summed E-state index contributed by atoms with van der Waals surface area (Å²) in [6.07, 6.45) is 1.55. The zero-order chi connectivity index (χ0) is 9.84. The molecule has 13 heavy (non-hydrogen) atoms. The molecule has 70 valence electrons. The number of nitrogens with zero attached hydrogens (tertiary/aromatic N) is 2. The van der Waals surface area contributed by atoms with Gasteiger partial charge in [0.1, 0.15) is 5.69 Å². The molecule has 0 aromatic carbocycles. The summed E-state index contributed by atoms with van der Waals surface area (Å²) in [5, 5.41) is 0. The molecule has 6 nitrogen and oxygen atoms in total. The van der Waals surface area contributed by atoms with Crippen LogP contribution >= 0.6 is 0 Å². The molecule has 0 spiro atoms. The third-order valence-electron chi connectivity index (χ3n) is 1.30. The first kappa shape index (κ1) is 9.24. The van der Waals surface area contributed by atoms with Gasteiger partial charge in [-0.15, -0.1) is 0 Å². The van der Waals surface area contributed by atoms with Gasteiger partial charge < -0.3 is 16.2 Å². The first-order valence-corrected chi connectivity index (χ1v) is 3.72. The molecule has 0 radical (unpaired) electrons. The molecule has 6 heteroatoms. The van der Waals surface area contributed by atoms with Crippen molar-refractivity contribution in [1.29, 1.82) is 0 Å². The van der Waals surface area contributed by atoms with Gasteiger partial charge in [-0.1, -0.05) is 6.92 Å². The van der Waals surface area contributed by atoms with Crippen molar-refractivity contribution < 1.29 is 9.53 Å². The zero-order valence-corrected chi connectivity index (χ0v) is 7.15. The predicted octanol–water partition coefficient (Wildman–Crippen LogP) is -0.0436. The monoisotopic (exact) mass is 182 g/mol. The minimum absolute atomic E-state index is 0.0133. The molecule has 1 rings (SSSR count). The van der Waals surface area contributed by atoms with Gasteiger partial charge in [0.15, 0.2) is 0 Å². The summed E-state index contributed by atoms with van der Waals surface area (Å²) >= 11 is 0. The highest BCUT2D eigenvalue weighted by Gasteiger charge is 2.07. The van der Waals surface area contributed by atoms with Crippen LogP contribution in [0.1, 0.15) is 13.3 Å². The summed E-state index contributed by atoms with van der Waals surface area (Å²) in [7, 11) is 0. The molecule has 0 aliphatic heterocycles. The van der Waals surface area contributed by atoms with Gasteiger partial charge in [-0.3, -0.25) is 4.79 Å². The molecule has 1 aromatic rings. The standard InChI is InChI=1S/C7H10N4O2/c1-2-5(12)13-6-4(8)3-10-7(9)11-6/h3H,2,8H2,1H3,(H2,9,10,11). The minimum atomic E-state index is -0.412. The molecule has 1 heterocycles. The normalized spacial score (nSPS) is 9.62. The van der Waals surface area contributed by atoms with E-state index in [1.165, 1.54) is 6.20 Å². The van der Waals surface area contributed by atoms with E-state index in [9.17, 15) is 4.79 Å². The van der Waals surface area contributed by atoms with Crippen molar-refractivity contribution in [1.82, 2.24) is 9.97 Å². The van der Waals surface area contributed by atoms with Gasteiger partial charge in [0.05, 0.1) is 6.20 Å². The Morgan fingerprint density at radius 1 is 1.62 bits per heavy atom. The van der Waals surface area contributed by atoms with Crippen molar-refractivity contribution in [3.63, 3.8) is 0 Å². The molecular weight excluding hydrogens is 172 g/mol. The van der Waals surface area contributed by atoms with Crippen molar-refractivity contribution in [3.8, 4) is 5.88 Å². The average Bonchev–Trinajstić information content (AvgIpc) is 2.11. The number of ether oxygens (including phenoxy) is 1. The second-order valence-electron chi connectivity index (χ2n) is 2.32. The van der Waals surface area contributed by atoms with Crippen molar-refractivity contribution in [3.05, 3.63) is 6.20 Å². The second-order valence-corrected chi connectivity index (χ2v) is 2.32. The van der Waals surface area contributed by atoms with E-state index in [4.69, 9.17) is 16.2 Å². The van der Waals surface area contributed by atoms with Gasteiger partial charge in [-0.25, -0.2) is 4.98 Å². The van der Waals surface area contributed by atoms with Crippen LogP contribution in [0.15, 0.2) is 6.20 Å². The van der Waals surface area contributed by atoms with Crippen molar-refractivity contribution in [2.75, 3.05) is 11.5 Å². The van der Waals surface area contributed by atoms with E-state index in [0.717, 1.165) is 0 Å². The summed E-state index contributed by atoms with van der Waals surface area (Å²) in [4.78, 5) is 18.1. The molecule has 1 aromatic heterocycles. The first-order chi connectivity index (χ1) is 6.13. The maximum absolute atomic E-state index is 10.9. The predicted molar refractivity (Wildman–Crippen MR) is 46.8 cm³/mol. The van der Waals surface area contributed by atoms with Crippen LogP contribution in [0.3, 0.4) is 0 Å². The van der Waals surface area contributed by atoms with Crippen LogP contribution in [0.4, 0.5) is 11.6 Å². The Hall–Kier alpha value is -1.85. The molecule has 0 atom stereocenters. The van der Waals surface area contributed by atoms with Gasteiger partial charge in [-0.05, 0) is 0 Å². The zero-order valence-electron chi connectivity index (χ0n) is 7.15. The number of carbonyl (C=O) groups is 1. The Balaban J connectivity index is 2.87. The summed E-state index contributed by atoms with van der Waals surface area (Å²) in [5.41, 5.74) is 10.9. The smallest absolute Gasteiger partial charge is 0.312 e. The molecule has 0 amide bonds. The highest BCUT2D eigenvalue weighted by molar-refractivity contribution is 5.73. The Bertz CT molecular complexity index is 326. The average molecular weight is 182 g/mol. The van der Waals surface area contributed by atoms with Crippen molar-refractivity contribution in [2.45, 2.75) is 13.3 Å². The van der Waals surface area contributed by atoms with Crippen molar-refractivity contribution in [2.24, 2.45) is 0 Å². The Morgan fingerprint density at radius 2 is 2.31 bits per heavy atom. The molecule has 0 aliphatic carbocycles. The van der Waals surface area contributed by atoms with Crippen molar-refractivity contribution >= 4 is 17.6 Å². The highest BCUT2D eigenvalue weighted by atomic mass is 16.5. The molecule has 0 unspecified atom stereocenters. The minimum Gasteiger partial charge on any atom is -0.405 e. The maximum atomic E-state index is 10.9. The lowest BCUT2D eigenvalue weighted by atomic mass is 10.5. The number of esters is 1. The molecule has 0 bridgehead atoms. The highest BCUT2D eigenvalue weighted by Crippen LogP contribution is 2.17. The number of hydrogen-bond acceptors (Lipinski definition) is 6.